The fourth-order valence-electron chi connectivity index (χ4n) is 4.61. The van der Waals surface area contributed by atoms with Gasteiger partial charge in [0.1, 0.15) is 0 Å². The predicted octanol–water partition coefficient (Wildman–Crippen LogP) is 1.57. The van der Waals surface area contributed by atoms with Gasteiger partial charge in [0.15, 0.2) is 0 Å². The number of fused-ring (bicyclic) bond motifs is 2. The molecule has 0 aromatic carbocycles. The Bertz CT molecular complexity index is 412. The van der Waals surface area contributed by atoms with Crippen LogP contribution in [0.2, 0.25) is 0 Å². The fourth-order valence-corrected chi connectivity index (χ4v) is 4.61. The third-order valence-corrected chi connectivity index (χ3v) is 5.89. The third kappa shape index (κ3) is 4.61. The van der Waals surface area contributed by atoms with Crippen molar-refractivity contribution in [2.24, 2.45) is 17.8 Å². The van der Waals surface area contributed by atoms with Crippen molar-refractivity contribution >= 4 is 6.09 Å². The molecule has 1 amide bonds. The van der Waals surface area contributed by atoms with Gasteiger partial charge in [-0.05, 0) is 43.9 Å². The van der Waals surface area contributed by atoms with Crippen LogP contribution in [0.3, 0.4) is 0 Å². The summed E-state index contributed by atoms with van der Waals surface area (Å²) in [6.45, 7) is 6.98. The Morgan fingerprint density at radius 1 is 1.21 bits per heavy atom. The maximum Gasteiger partial charge on any atom is 0.409 e. The number of rotatable bonds is 7. The molecule has 1 saturated heterocycles. The second kappa shape index (κ2) is 8.50. The quantitative estimate of drug-likeness (QED) is 0.762. The summed E-state index contributed by atoms with van der Waals surface area (Å²) in [5.74, 6) is 2.55. The summed E-state index contributed by atoms with van der Waals surface area (Å²) in [5.41, 5.74) is 0. The maximum atomic E-state index is 11.7. The zero-order valence-corrected chi connectivity index (χ0v) is 14.9. The van der Waals surface area contributed by atoms with Crippen LogP contribution in [0, 0.1) is 17.8 Å². The van der Waals surface area contributed by atoms with Crippen molar-refractivity contribution in [1.29, 1.82) is 0 Å². The van der Waals surface area contributed by atoms with E-state index >= 15 is 0 Å². The summed E-state index contributed by atoms with van der Waals surface area (Å²) in [7, 11) is 0. The van der Waals surface area contributed by atoms with E-state index in [1.165, 1.54) is 25.7 Å². The molecule has 6 heteroatoms. The average Bonchev–Trinajstić information content (AvgIpc) is 3.18. The van der Waals surface area contributed by atoms with Crippen molar-refractivity contribution in [3.05, 3.63) is 0 Å². The Labute approximate surface area is 145 Å². The molecule has 0 aromatic heterocycles. The van der Waals surface area contributed by atoms with Crippen LogP contribution in [-0.4, -0.2) is 79.6 Å². The van der Waals surface area contributed by atoms with Gasteiger partial charge in [-0.3, -0.25) is 4.90 Å². The number of aliphatic hydroxyl groups is 1. The van der Waals surface area contributed by atoms with Gasteiger partial charge in [-0.1, -0.05) is 6.42 Å². The van der Waals surface area contributed by atoms with Gasteiger partial charge in [0, 0.05) is 39.3 Å². The Morgan fingerprint density at radius 3 is 2.62 bits per heavy atom. The van der Waals surface area contributed by atoms with Crippen LogP contribution in [0.5, 0.6) is 0 Å². The highest BCUT2D eigenvalue weighted by atomic mass is 16.6. The van der Waals surface area contributed by atoms with Crippen LogP contribution in [0.4, 0.5) is 4.79 Å². The molecule has 0 spiro atoms. The van der Waals surface area contributed by atoms with E-state index in [4.69, 9.17) is 9.47 Å². The lowest BCUT2D eigenvalue weighted by atomic mass is 9.90. The summed E-state index contributed by atoms with van der Waals surface area (Å²) >= 11 is 0. The van der Waals surface area contributed by atoms with Crippen molar-refractivity contribution in [2.45, 2.75) is 38.7 Å². The van der Waals surface area contributed by atoms with Gasteiger partial charge in [0.25, 0.3) is 0 Å². The Kier molecular flexibility index (Phi) is 6.36. The standard InChI is InChI=1S/C18H32N2O4/c1-2-24-18(22)20-7-5-19(6-8-20)11-17(21)13-23-12-16-10-14-3-4-15(16)9-14/h14-17,21H,2-13H2,1H3/t14-,15-,16+,17-/m0/s1. The first-order valence-electron chi connectivity index (χ1n) is 9.55. The summed E-state index contributed by atoms with van der Waals surface area (Å²) in [4.78, 5) is 15.6. The van der Waals surface area contributed by atoms with Crippen molar-refractivity contribution in [1.82, 2.24) is 9.80 Å². The lowest BCUT2D eigenvalue weighted by molar-refractivity contribution is -0.00854. The molecule has 4 atom stereocenters. The molecule has 0 unspecified atom stereocenters. The first kappa shape index (κ1) is 18.0. The minimum atomic E-state index is -0.447. The van der Waals surface area contributed by atoms with Crippen LogP contribution >= 0.6 is 0 Å². The van der Waals surface area contributed by atoms with E-state index < -0.39 is 6.10 Å². The van der Waals surface area contributed by atoms with E-state index in [2.05, 4.69) is 4.90 Å². The first-order chi connectivity index (χ1) is 11.7. The number of hydrogen-bond acceptors (Lipinski definition) is 5. The van der Waals surface area contributed by atoms with Crippen molar-refractivity contribution < 1.29 is 19.4 Å². The zero-order chi connectivity index (χ0) is 16.9. The molecule has 3 fully saturated rings. The predicted molar refractivity (Wildman–Crippen MR) is 90.8 cm³/mol. The average molecular weight is 340 g/mol. The van der Waals surface area contributed by atoms with Gasteiger partial charge in [-0.25, -0.2) is 4.79 Å². The monoisotopic (exact) mass is 340 g/mol. The van der Waals surface area contributed by atoms with E-state index in [1.54, 1.807) is 4.90 Å². The lowest BCUT2D eigenvalue weighted by Gasteiger charge is -2.35. The number of piperazine rings is 1. The Hall–Kier alpha value is -0.850. The van der Waals surface area contributed by atoms with Crippen molar-refractivity contribution in [2.75, 3.05) is 52.5 Å². The van der Waals surface area contributed by atoms with Gasteiger partial charge in [0.05, 0.1) is 19.3 Å². The smallest absolute Gasteiger partial charge is 0.409 e. The van der Waals surface area contributed by atoms with Crippen LogP contribution in [0.15, 0.2) is 0 Å². The molecule has 2 bridgehead atoms. The van der Waals surface area contributed by atoms with Crippen molar-refractivity contribution in [3.8, 4) is 0 Å². The largest absolute Gasteiger partial charge is 0.450 e. The Morgan fingerprint density at radius 2 is 2.00 bits per heavy atom. The summed E-state index contributed by atoms with van der Waals surface area (Å²) in [6.07, 6.45) is 4.86. The second-order valence-corrected chi connectivity index (χ2v) is 7.61. The summed E-state index contributed by atoms with van der Waals surface area (Å²) in [5, 5.41) is 10.2. The SMILES string of the molecule is CCOC(=O)N1CCN(C[C@H](O)COC[C@H]2C[C@H]3CC[C@H]2C3)CC1. The lowest BCUT2D eigenvalue weighted by Crippen LogP contribution is -2.51. The number of ether oxygens (including phenoxy) is 2. The Balaban J connectivity index is 1.27. The highest BCUT2D eigenvalue weighted by Gasteiger charge is 2.39. The minimum Gasteiger partial charge on any atom is -0.450 e. The van der Waals surface area contributed by atoms with Gasteiger partial charge in [-0.2, -0.15) is 0 Å². The third-order valence-electron chi connectivity index (χ3n) is 5.89. The summed E-state index contributed by atoms with van der Waals surface area (Å²) < 4.78 is 10.8. The van der Waals surface area contributed by atoms with Crippen LogP contribution in [-0.2, 0) is 9.47 Å². The molecule has 1 aliphatic heterocycles. The molecular weight excluding hydrogens is 308 g/mol. The topological polar surface area (TPSA) is 62.2 Å². The van der Waals surface area contributed by atoms with Crippen LogP contribution in [0.1, 0.15) is 32.6 Å². The molecule has 2 saturated carbocycles. The molecule has 2 aliphatic carbocycles. The van der Waals surface area contributed by atoms with Gasteiger partial charge in [-0.15, -0.1) is 0 Å². The number of aliphatic hydroxyl groups excluding tert-OH is 1. The minimum absolute atomic E-state index is 0.230. The molecule has 24 heavy (non-hydrogen) atoms. The maximum absolute atomic E-state index is 11.7. The highest BCUT2D eigenvalue weighted by molar-refractivity contribution is 5.67. The highest BCUT2D eigenvalue weighted by Crippen LogP contribution is 2.48. The number of carbonyl (C=O) groups excluding carboxylic acids is 1. The van der Waals surface area contributed by atoms with Crippen LogP contribution < -0.4 is 0 Å². The molecule has 6 nitrogen and oxygen atoms in total. The molecule has 1 N–H and O–H groups in total. The molecular formula is C18H32N2O4. The number of nitrogens with zero attached hydrogens (tertiary/aromatic N) is 2. The number of amides is 1. The normalized spacial score (nSPS) is 31.4. The molecule has 3 rings (SSSR count). The van der Waals surface area contributed by atoms with E-state index in [-0.39, 0.29) is 6.09 Å². The fraction of sp³-hybridized carbons (Fsp3) is 0.944. The van der Waals surface area contributed by atoms with E-state index in [0.717, 1.165) is 37.5 Å². The summed E-state index contributed by atoms with van der Waals surface area (Å²) in [6, 6.07) is 0. The van der Waals surface area contributed by atoms with Crippen molar-refractivity contribution in [3.63, 3.8) is 0 Å². The number of β-amino-alcohol motifs (C(OH)–C–C–N with tert-alkyl or cyclic N) is 1. The molecule has 1 heterocycles. The molecule has 0 aromatic rings. The van der Waals surface area contributed by atoms with E-state index in [0.29, 0.717) is 32.8 Å². The van der Waals surface area contributed by atoms with Gasteiger partial charge in [0.2, 0.25) is 0 Å². The molecule has 3 aliphatic rings. The number of hydrogen-bond donors (Lipinski definition) is 1. The number of carbonyl (C=O) groups is 1. The molecule has 138 valence electrons. The van der Waals surface area contributed by atoms with Gasteiger partial charge >= 0.3 is 6.09 Å². The molecule has 0 radical (unpaired) electrons. The van der Waals surface area contributed by atoms with E-state index in [9.17, 15) is 9.90 Å². The van der Waals surface area contributed by atoms with Crippen LogP contribution in [0.25, 0.3) is 0 Å². The first-order valence-corrected chi connectivity index (χ1v) is 9.55. The van der Waals surface area contributed by atoms with Gasteiger partial charge < -0.3 is 19.5 Å². The second-order valence-electron chi connectivity index (χ2n) is 7.61. The zero-order valence-electron chi connectivity index (χ0n) is 14.9. The van der Waals surface area contributed by atoms with E-state index in [1.807, 2.05) is 6.92 Å².